The van der Waals surface area contributed by atoms with Gasteiger partial charge in [0.2, 0.25) is 0 Å². The van der Waals surface area contributed by atoms with Crippen molar-refractivity contribution in [2.75, 3.05) is 45.9 Å². The van der Waals surface area contributed by atoms with Gasteiger partial charge in [0.25, 0.3) is 0 Å². The van der Waals surface area contributed by atoms with Crippen molar-refractivity contribution < 1.29 is 18.9 Å². The highest BCUT2D eigenvalue weighted by Crippen LogP contribution is 2.17. The summed E-state index contributed by atoms with van der Waals surface area (Å²) in [6, 6.07) is 15.8. The van der Waals surface area contributed by atoms with Crippen LogP contribution >= 0.6 is 24.0 Å². The number of hydrogen-bond acceptors (Lipinski definition) is 5. The van der Waals surface area contributed by atoms with E-state index in [0.29, 0.717) is 32.3 Å². The molecule has 0 atom stereocenters. The summed E-state index contributed by atoms with van der Waals surface area (Å²) in [5, 5.41) is 6.73. The maximum atomic E-state index is 5.71. The number of methoxy groups -OCH3 is 2. The molecule has 0 radical (unpaired) electrons. The van der Waals surface area contributed by atoms with Crippen LogP contribution in [0.15, 0.2) is 53.5 Å². The third kappa shape index (κ3) is 11.5. The van der Waals surface area contributed by atoms with Gasteiger partial charge in [0.15, 0.2) is 5.96 Å². The molecule has 0 bridgehead atoms. The molecule has 2 aromatic rings. The van der Waals surface area contributed by atoms with Crippen molar-refractivity contribution >= 4 is 35.6 Å². The molecule has 0 unspecified atom stereocenters. The summed E-state index contributed by atoms with van der Waals surface area (Å²) < 4.78 is 21.4. The minimum atomic E-state index is 0. The van der Waals surface area contributed by atoms with Crippen molar-refractivity contribution in [1.29, 1.82) is 0 Å². The van der Waals surface area contributed by atoms with Crippen molar-refractivity contribution in [2.45, 2.75) is 32.9 Å². The molecule has 0 saturated heterocycles. The zero-order valence-corrected chi connectivity index (χ0v) is 21.8. The Bertz CT molecular complexity index is 768. The lowest BCUT2D eigenvalue weighted by Crippen LogP contribution is -2.32. The fourth-order valence-corrected chi connectivity index (χ4v) is 2.69. The van der Waals surface area contributed by atoms with Crippen LogP contribution in [-0.2, 0) is 16.0 Å². The normalized spacial score (nSPS) is 11.1. The molecule has 0 fully saturated rings. The number of nitrogens with one attached hydrogen (secondary N) is 2. The van der Waals surface area contributed by atoms with Gasteiger partial charge in [-0.1, -0.05) is 12.1 Å². The third-order valence-corrected chi connectivity index (χ3v) is 4.26. The second-order valence-electron chi connectivity index (χ2n) is 7.21. The summed E-state index contributed by atoms with van der Waals surface area (Å²) >= 11 is 0. The van der Waals surface area contributed by atoms with Crippen molar-refractivity contribution in [3.8, 4) is 11.5 Å². The maximum absolute atomic E-state index is 5.71. The molecular weight excluding hydrogens is 521 g/mol. The van der Waals surface area contributed by atoms with Crippen LogP contribution in [0, 0.1) is 0 Å². The highest BCUT2D eigenvalue weighted by molar-refractivity contribution is 14.0. The lowest BCUT2D eigenvalue weighted by atomic mass is 10.2. The van der Waals surface area contributed by atoms with E-state index in [-0.39, 0.29) is 30.1 Å². The largest absolute Gasteiger partial charge is 0.497 e. The molecular formula is C24H36IN3O4. The number of rotatable bonds is 13. The first-order valence-electron chi connectivity index (χ1n) is 10.6. The van der Waals surface area contributed by atoms with Crippen LogP contribution in [0.1, 0.15) is 25.8 Å². The SMILES string of the molecule is COCCOCCCNC(=NCc1ccc(OC)cc1)Nc1ccc(OC(C)C)cc1.I. The average Bonchev–Trinajstić information content (AvgIpc) is 2.78. The number of halogens is 1. The predicted molar refractivity (Wildman–Crippen MR) is 141 cm³/mol. The Labute approximate surface area is 208 Å². The lowest BCUT2D eigenvalue weighted by molar-refractivity contribution is 0.0699. The van der Waals surface area contributed by atoms with E-state index in [1.54, 1.807) is 14.2 Å². The molecule has 2 N–H and O–H groups in total. The van der Waals surface area contributed by atoms with Crippen molar-refractivity contribution in [3.63, 3.8) is 0 Å². The Balaban J connectivity index is 0.00000512. The van der Waals surface area contributed by atoms with E-state index >= 15 is 0 Å². The Morgan fingerprint density at radius 3 is 2.22 bits per heavy atom. The number of ether oxygens (including phenoxy) is 4. The highest BCUT2D eigenvalue weighted by Gasteiger charge is 2.03. The number of anilines is 1. The number of benzene rings is 2. The predicted octanol–water partition coefficient (Wildman–Crippen LogP) is 4.71. The second kappa shape index (κ2) is 16.6. The van der Waals surface area contributed by atoms with Gasteiger partial charge in [-0.3, -0.25) is 0 Å². The number of nitrogens with zero attached hydrogens (tertiary/aromatic N) is 1. The van der Waals surface area contributed by atoms with Crippen LogP contribution in [0.25, 0.3) is 0 Å². The van der Waals surface area contributed by atoms with Crippen LogP contribution in [0.3, 0.4) is 0 Å². The molecule has 0 aromatic heterocycles. The van der Waals surface area contributed by atoms with E-state index in [9.17, 15) is 0 Å². The van der Waals surface area contributed by atoms with Gasteiger partial charge in [0.1, 0.15) is 11.5 Å². The van der Waals surface area contributed by atoms with Crippen molar-refractivity contribution in [3.05, 3.63) is 54.1 Å². The molecule has 0 aliphatic carbocycles. The van der Waals surface area contributed by atoms with E-state index < -0.39 is 0 Å². The molecule has 0 aliphatic heterocycles. The topological polar surface area (TPSA) is 73.3 Å². The first-order valence-corrected chi connectivity index (χ1v) is 10.6. The Kier molecular flexibility index (Phi) is 14.5. The van der Waals surface area contributed by atoms with Gasteiger partial charge in [0, 0.05) is 25.9 Å². The lowest BCUT2D eigenvalue weighted by Gasteiger charge is -2.14. The summed E-state index contributed by atoms with van der Waals surface area (Å²) in [4.78, 5) is 4.72. The van der Waals surface area contributed by atoms with Gasteiger partial charge in [-0.2, -0.15) is 0 Å². The van der Waals surface area contributed by atoms with Gasteiger partial charge < -0.3 is 29.6 Å². The zero-order chi connectivity index (χ0) is 22.3. The molecule has 0 saturated carbocycles. The van der Waals surface area contributed by atoms with Gasteiger partial charge in [0.05, 0.1) is 33.0 Å². The third-order valence-electron chi connectivity index (χ3n) is 4.26. The zero-order valence-electron chi connectivity index (χ0n) is 19.4. The molecule has 0 amide bonds. The van der Waals surface area contributed by atoms with E-state index in [0.717, 1.165) is 35.7 Å². The van der Waals surface area contributed by atoms with E-state index in [4.69, 9.17) is 23.9 Å². The number of hydrogen-bond donors (Lipinski definition) is 2. The molecule has 8 heteroatoms. The molecule has 178 valence electrons. The summed E-state index contributed by atoms with van der Waals surface area (Å²) in [5.41, 5.74) is 2.04. The highest BCUT2D eigenvalue weighted by atomic mass is 127. The van der Waals surface area contributed by atoms with Crippen LogP contribution in [0.2, 0.25) is 0 Å². The molecule has 7 nitrogen and oxygen atoms in total. The summed E-state index contributed by atoms with van der Waals surface area (Å²) in [6.45, 7) is 7.22. The van der Waals surface area contributed by atoms with Crippen molar-refractivity contribution in [1.82, 2.24) is 5.32 Å². The molecule has 0 aliphatic rings. The van der Waals surface area contributed by atoms with Gasteiger partial charge >= 0.3 is 0 Å². The van der Waals surface area contributed by atoms with E-state index in [1.165, 1.54) is 0 Å². The van der Waals surface area contributed by atoms with Gasteiger partial charge in [-0.15, -0.1) is 24.0 Å². The van der Waals surface area contributed by atoms with Crippen LogP contribution in [0.4, 0.5) is 5.69 Å². The quantitative estimate of drug-likeness (QED) is 0.161. The molecule has 2 aromatic carbocycles. The van der Waals surface area contributed by atoms with Gasteiger partial charge in [-0.05, 0) is 62.2 Å². The first-order chi connectivity index (χ1) is 15.1. The number of aliphatic imine (C=N–C) groups is 1. The Morgan fingerprint density at radius 2 is 1.59 bits per heavy atom. The Hall–Kier alpha value is -2.04. The molecule has 0 spiro atoms. The Morgan fingerprint density at radius 1 is 0.906 bits per heavy atom. The molecule has 2 rings (SSSR count). The fraction of sp³-hybridized carbons (Fsp3) is 0.458. The summed E-state index contributed by atoms with van der Waals surface area (Å²) in [5.74, 6) is 2.39. The monoisotopic (exact) mass is 557 g/mol. The van der Waals surface area contributed by atoms with Gasteiger partial charge in [-0.25, -0.2) is 4.99 Å². The number of guanidine groups is 1. The van der Waals surface area contributed by atoms with Crippen molar-refractivity contribution in [2.24, 2.45) is 4.99 Å². The fourth-order valence-electron chi connectivity index (χ4n) is 2.69. The van der Waals surface area contributed by atoms with E-state index in [2.05, 4.69) is 10.6 Å². The molecule has 0 heterocycles. The second-order valence-corrected chi connectivity index (χ2v) is 7.21. The molecule has 32 heavy (non-hydrogen) atoms. The van der Waals surface area contributed by atoms with Crippen LogP contribution in [0.5, 0.6) is 11.5 Å². The summed E-state index contributed by atoms with van der Waals surface area (Å²) in [6.07, 6.45) is 1.02. The maximum Gasteiger partial charge on any atom is 0.196 e. The first kappa shape index (κ1) is 28.0. The van der Waals surface area contributed by atoms with Crippen LogP contribution in [-0.4, -0.2) is 52.6 Å². The summed E-state index contributed by atoms with van der Waals surface area (Å²) in [7, 11) is 3.33. The van der Waals surface area contributed by atoms with Crippen LogP contribution < -0.4 is 20.1 Å². The standard InChI is InChI=1S/C24H35N3O4.HI/c1-19(2)31-23-12-8-21(9-13-23)27-24(25-14-5-15-30-17-16-28-3)26-18-20-6-10-22(29-4)11-7-20;/h6-13,19H,5,14-18H2,1-4H3,(H2,25,26,27);1H. The minimum absolute atomic E-state index is 0. The minimum Gasteiger partial charge on any atom is -0.497 e. The smallest absolute Gasteiger partial charge is 0.196 e. The van der Waals surface area contributed by atoms with E-state index in [1.807, 2.05) is 62.4 Å². The average molecular weight is 557 g/mol.